The van der Waals surface area contributed by atoms with Crippen LogP contribution in [0.15, 0.2) is 57.8 Å². The van der Waals surface area contributed by atoms with Crippen molar-refractivity contribution in [2.45, 2.75) is 31.8 Å². The predicted octanol–water partition coefficient (Wildman–Crippen LogP) is 4.45. The van der Waals surface area contributed by atoms with E-state index in [1.807, 2.05) is 47.0 Å². The lowest BCUT2D eigenvalue weighted by molar-refractivity contribution is 0.117. The zero-order valence-electron chi connectivity index (χ0n) is 15.7. The average Bonchev–Trinajstić information content (AvgIpc) is 3.28. The zero-order chi connectivity index (χ0) is 18.4. The predicted molar refractivity (Wildman–Crippen MR) is 115 cm³/mol. The van der Waals surface area contributed by atoms with Crippen LogP contribution in [-0.2, 0) is 0 Å². The summed E-state index contributed by atoms with van der Waals surface area (Å²) in [5, 5.41) is 5.46. The molecular formula is C21H23BrN4O2. The van der Waals surface area contributed by atoms with Gasteiger partial charge in [-0.1, -0.05) is 29.4 Å². The van der Waals surface area contributed by atoms with Crippen molar-refractivity contribution in [1.82, 2.24) is 19.6 Å². The summed E-state index contributed by atoms with van der Waals surface area (Å²) in [5.41, 5.74) is 3.72. The van der Waals surface area contributed by atoms with Crippen molar-refractivity contribution < 1.29 is 4.52 Å². The molecular weight excluding hydrogens is 420 g/mol. The van der Waals surface area contributed by atoms with E-state index < -0.39 is 0 Å². The number of hydrogen-bond acceptors (Lipinski definition) is 4. The minimum atomic E-state index is -0.0479. The number of nitrogens with zero attached hydrogens (tertiary/aromatic N) is 3. The first-order valence-corrected chi connectivity index (χ1v) is 9.50. The number of piperidine rings is 1. The highest BCUT2D eigenvalue weighted by atomic mass is 79.9. The van der Waals surface area contributed by atoms with Crippen LogP contribution in [0.4, 0.5) is 0 Å². The smallest absolute Gasteiger partial charge is 0.327 e. The fourth-order valence-corrected chi connectivity index (χ4v) is 4.35. The van der Waals surface area contributed by atoms with Gasteiger partial charge >= 0.3 is 5.69 Å². The maximum Gasteiger partial charge on any atom is 0.327 e. The SMILES string of the molecule is Br.CC(N1CCC(c2noc3ccccc23)CC1)n1c(=O)[nH]c2ccccc21. The fraction of sp³-hybridized carbons (Fsp3) is 0.333. The third-order valence-corrected chi connectivity index (χ3v) is 5.85. The van der Waals surface area contributed by atoms with Gasteiger partial charge in [0.05, 0.1) is 22.9 Å². The van der Waals surface area contributed by atoms with Crippen molar-refractivity contribution >= 4 is 39.0 Å². The lowest BCUT2D eigenvalue weighted by Crippen LogP contribution is -2.40. The number of halogens is 1. The Balaban J connectivity index is 0.00000192. The normalized spacial score (nSPS) is 17.0. The Hall–Kier alpha value is -2.38. The molecule has 0 spiro atoms. The number of nitrogens with one attached hydrogen (secondary N) is 1. The number of aromatic nitrogens is 3. The van der Waals surface area contributed by atoms with Crippen LogP contribution in [0.25, 0.3) is 22.0 Å². The van der Waals surface area contributed by atoms with Crippen LogP contribution < -0.4 is 5.69 Å². The number of rotatable bonds is 3. The first-order valence-electron chi connectivity index (χ1n) is 9.50. The summed E-state index contributed by atoms with van der Waals surface area (Å²) in [6, 6.07) is 15.9. The van der Waals surface area contributed by atoms with E-state index in [0.717, 1.165) is 53.6 Å². The molecule has 0 radical (unpaired) electrons. The first-order chi connectivity index (χ1) is 13.2. The highest BCUT2D eigenvalue weighted by molar-refractivity contribution is 8.93. The highest BCUT2D eigenvalue weighted by Crippen LogP contribution is 2.34. The Kier molecular flexibility index (Phi) is 5.12. The average molecular weight is 443 g/mol. The van der Waals surface area contributed by atoms with Crippen molar-refractivity contribution in [3.8, 4) is 0 Å². The number of fused-ring (bicyclic) bond motifs is 2. The molecule has 0 aliphatic carbocycles. The molecule has 7 heteroatoms. The van der Waals surface area contributed by atoms with Gasteiger partial charge in [0.2, 0.25) is 0 Å². The van der Waals surface area contributed by atoms with Gasteiger partial charge in [-0.2, -0.15) is 0 Å². The fourth-order valence-electron chi connectivity index (χ4n) is 4.35. The molecule has 1 aliphatic rings. The van der Waals surface area contributed by atoms with E-state index in [-0.39, 0.29) is 28.8 Å². The standard InChI is InChI=1S/C21H22N4O2.BrH/c1-14(25-18-8-4-3-7-17(18)22-21(25)26)24-12-10-15(11-13-24)20-16-6-2-5-9-19(16)27-23-20;/h2-9,14-15H,10-13H2,1H3,(H,22,26);1H. The molecule has 2 aromatic carbocycles. The zero-order valence-corrected chi connectivity index (χ0v) is 17.4. The van der Waals surface area contributed by atoms with Crippen molar-refractivity contribution in [2.24, 2.45) is 0 Å². The molecule has 6 nitrogen and oxygen atoms in total. The molecule has 5 rings (SSSR count). The Morgan fingerprint density at radius 2 is 1.82 bits per heavy atom. The molecule has 1 saturated heterocycles. The number of imidazole rings is 1. The summed E-state index contributed by atoms with van der Waals surface area (Å²) in [7, 11) is 0. The second-order valence-corrected chi connectivity index (χ2v) is 7.32. The van der Waals surface area contributed by atoms with E-state index >= 15 is 0 Å². The van der Waals surface area contributed by atoms with Gasteiger partial charge in [0.15, 0.2) is 5.58 Å². The Morgan fingerprint density at radius 1 is 1.11 bits per heavy atom. The van der Waals surface area contributed by atoms with Crippen molar-refractivity contribution in [3.63, 3.8) is 0 Å². The summed E-state index contributed by atoms with van der Waals surface area (Å²) in [5.74, 6) is 0.400. The van der Waals surface area contributed by atoms with E-state index in [1.54, 1.807) is 0 Å². The molecule has 4 aromatic rings. The Bertz CT molecular complexity index is 1150. The van der Waals surface area contributed by atoms with Crippen LogP contribution in [-0.4, -0.2) is 32.7 Å². The highest BCUT2D eigenvalue weighted by Gasteiger charge is 2.28. The lowest BCUT2D eigenvalue weighted by atomic mass is 9.91. The number of para-hydroxylation sites is 3. The molecule has 0 amide bonds. The van der Waals surface area contributed by atoms with Gasteiger partial charge in [-0.3, -0.25) is 9.47 Å². The second kappa shape index (κ2) is 7.56. The van der Waals surface area contributed by atoms with E-state index in [4.69, 9.17) is 4.52 Å². The van der Waals surface area contributed by atoms with E-state index in [0.29, 0.717) is 5.92 Å². The Labute approximate surface area is 172 Å². The van der Waals surface area contributed by atoms with Gasteiger partial charge in [-0.05, 0) is 44.0 Å². The first kappa shape index (κ1) is 19.0. The van der Waals surface area contributed by atoms with Crippen LogP contribution in [0, 0.1) is 0 Å². The van der Waals surface area contributed by atoms with Crippen LogP contribution >= 0.6 is 17.0 Å². The van der Waals surface area contributed by atoms with Crippen LogP contribution in [0.3, 0.4) is 0 Å². The molecule has 0 bridgehead atoms. The van der Waals surface area contributed by atoms with Crippen LogP contribution in [0.1, 0.15) is 37.5 Å². The van der Waals surface area contributed by atoms with Gasteiger partial charge in [0.25, 0.3) is 0 Å². The molecule has 1 N–H and O–H groups in total. The molecule has 3 heterocycles. The van der Waals surface area contributed by atoms with Crippen molar-refractivity contribution in [2.75, 3.05) is 13.1 Å². The van der Waals surface area contributed by atoms with Crippen molar-refractivity contribution in [1.29, 1.82) is 0 Å². The van der Waals surface area contributed by atoms with Gasteiger partial charge < -0.3 is 9.51 Å². The van der Waals surface area contributed by atoms with Crippen molar-refractivity contribution in [3.05, 3.63) is 64.7 Å². The molecule has 1 fully saturated rings. The minimum Gasteiger partial charge on any atom is -0.356 e. The van der Waals surface area contributed by atoms with E-state index in [2.05, 4.69) is 28.0 Å². The summed E-state index contributed by atoms with van der Waals surface area (Å²) in [6.07, 6.45) is 2.04. The van der Waals surface area contributed by atoms with Gasteiger partial charge in [-0.15, -0.1) is 17.0 Å². The molecule has 2 aromatic heterocycles. The minimum absolute atomic E-state index is 0. The third kappa shape index (κ3) is 3.08. The summed E-state index contributed by atoms with van der Waals surface area (Å²) in [4.78, 5) is 17.8. The third-order valence-electron chi connectivity index (χ3n) is 5.85. The topological polar surface area (TPSA) is 67.1 Å². The molecule has 28 heavy (non-hydrogen) atoms. The lowest BCUT2D eigenvalue weighted by Gasteiger charge is -2.35. The molecule has 146 valence electrons. The van der Waals surface area contributed by atoms with E-state index in [1.165, 1.54) is 0 Å². The Morgan fingerprint density at radius 3 is 2.64 bits per heavy atom. The maximum absolute atomic E-state index is 12.5. The molecule has 0 saturated carbocycles. The number of hydrogen-bond donors (Lipinski definition) is 1. The van der Waals surface area contributed by atoms with E-state index in [9.17, 15) is 4.79 Å². The second-order valence-electron chi connectivity index (χ2n) is 7.32. The molecule has 1 atom stereocenters. The van der Waals surface area contributed by atoms with Crippen LogP contribution in [0.5, 0.6) is 0 Å². The monoisotopic (exact) mass is 442 g/mol. The largest absolute Gasteiger partial charge is 0.356 e. The van der Waals surface area contributed by atoms with Crippen LogP contribution in [0.2, 0.25) is 0 Å². The number of benzene rings is 2. The quantitative estimate of drug-likeness (QED) is 0.508. The summed E-state index contributed by atoms with van der Waals surface area (Å²) < 4.78 is 7.35. The number of H-pyrrole nitrogens is 1. The molecule has 1 unspecified atom stereocenters. The maximum atomic E-state index is 12.5. The molecule has 1 aliphatic heterocycles. The van der Waals surface area contributed by atoms with Gasteiger partial charge in [0.1, 0.15) is 0 Å². The summed E-state index contributed by atoms with van der Waals surface area (Å²) in [6.45, 7) is 3.96. The summed E-state index contributed by atoms with van der Waals surface area (Å²) >= 11 is 0. The number of likely N-dealkylation sites (tertiary alicyclic amines) is 1. The van der Waals surface area contributed by atoms with Gasteiger partial charge in [-0.25, -0.2) is 4.79 Å². The van der Waals surface area contributed by atoms with Gasteiger partial charge in [0, 0.05) is 24.4 Å². The number of aromatic amines is 1.